The van der Waals surface area contributed by atoms with E-state index in [1.807, 2.05) is 18.2 Å². The number of nitrogens with one attached hydrogen (secondary N) is 1. The first-order valence-corrected chi connectivity index (χ1v) is 5.58. The van der Waals surface area contributed by atoms with Crippen molar-refractivity contribution >= 4 is 11.0 Å². The number of rotatable bonds is 1. The number of hydrogen-bond donors (Lipinski definition) is 1. The zero-order chi connectivity index (χ0) is 13.5. The minimum Gasteiger partial charge on any atom is -1.00 e. The molecule has 3 nitrogen and oxygen atoms in total. The SMILES string of the molecule is FC(F)(F)c1ccc2nc(-[n+]3ccccc3)[nH]c2c1.[Cl-]. The second kappa shape index (κ2) is 5.13. The fourth-order valence-electron chi connectivity index (χ4n) is 1.83. The number of imidazole rings is 1. The van der Waals surface area contributed by atoms with Crippen molar-refractivity contribution in [3.8, 4) is 5.95 Å². The zero-order valence-corrected chi connectivity index (χ0v) is 10.8. The molecule has 3 aromatic rings. The number of H-pyrrole nitrogens is 1. The van der Waals surface area contributed by atoms with Gasteiger partial charge in [-0.15, -0.1) is 0 Å². The van der Waals surface area contributed by atoms with Crippen molar-refractivity contribution in [1.29, 1.82) is 0 Å². The van der Waals surface area contributed by atoms with Gasteiger partial charge in [0.25, 0.3) is 0 Å². The number of pyridine rings is 1. The van der Waals surface area contributed by atoms with Crippen LogP contribution >= 0.6 is 0 Å². The summed E-state index contributed by atoms with van der Waals surface area (Å²) >= 11 is 0. The van der Waals surface area contributed by atoms with Crippen LogP contribution in [0.4, 0.5) is 13.2 Å². The highest BCUT2D eigenvalue weighted by Gasteiger charge is 2.31. The van der Waals surface area contributed by atoms with E-state index in [9.17, 15) is 13.2 Å². The van der Waals surface area contributed by atoms with Crippen LogP contribution in [0, 0.1) is 0 Å². The van der Waals surface area contributed by atoms with E-state index in [4.69, 9.17) is 0 Å². The quantitative estimate of drug-likeness (QED) is 0.624. The molecule has 104 valence electrons. The van der Waals surface area contributed by atoms with Crippen molar-refractivity contribution in [2.24, 2.45) is 0 Å². The topological polar surface area (TPSA) is 32.6 Å². The van der Waals surface area contributed by atoms with E-state index in [2.05, 4.69) is 9.97 Å². The monoisotopic (exact) mass is 299 g/mol. The van der Waals surface area contributed by atoms with Crippen molar-refractivity contribution in [1.82, 2.24) is 9.97 Å². The molecule has 3 rings (SSSR count). The van der Waals surface area contributed by atoms with Gasteiger partial charge in [0.05, 0.1) is 18.0 Å². The van der Waals surface area contributed by atoms with Gasteiger partial charge in [-0.3, -0.25) is 0 Å². The highest BCUT2D eigenvalue weighted by Crippen LogP contribution is 2.30. The summed E-state index contributed by atoms with van der Waals surface area (Å²) in [7, 11) is 0. The molecule has 0 saturated carbocycles. The standard InChI is InChI=1S/C13H9F3N3.ClH/c14-13(15,16)9-4-5-10-11(8-9)18-12(17-10)19-6-2-1-3-7-19;/h1-8H,(H,17,18);1H/q+1;/p-1. The van der Waals surface area contributed by atoms with E-state index in [1.165, 1.54) is 6.07 Å². The average Bonchev–Trinajstić information content (AvgIpc) is 2.81. The molecule has 0 aliphatic heterocycles. The minimum atomic E-state index is -4.35. The van der Waals surface area contributed by atoms with E-state index >= 15 is 0 Å². The summed E-state index contributed by atoms with van der Waals surface area (Å²) in [5, 5.41) is 0. The van der Waals surface area contributed by atoms with Crippen LogP contribution in [-0.2, 0) is 6.18 Å². The first kappa shape index (κ1) is 14.3. The minimum absolute atomic E-state index is 0. The Balaban J connectivity index is 0.00000147. The average molecular weight is 300 g/mol. The summed E-state index contributed by atoms with van der Waals surface area (Å²) in [4.78, 5) is 7.12. The first-order chi connectivity index (χ1) is 9.04. The van der Waals surface area contributed by atoms with Crippen molar-refractivity contribution in [3.63, 3.8) is 0 Å². The molecule has 1 N–H and O–H groups in total. The molecular weight excluding hydrogens is 291 g/mol. The Morgan fingerprint density at radius 3 is 2.40 bits per heavy atom. The summed E-state index contributed by atoms with van der Waals surface area (Å²) in [6.45, 7) is 0. The fourth-order valence-corrected chi connectivity index (χ4v) is 1.83. The maximum Gasteiger partial charge on any atom is 0.416 e. The molecule has 20 heavy (non-hydrogen) atoms. The lowest BCUT2D eigenvalue weighted by Gasteiger charge is -2.04. The van der Waals surface area contributed by atoms with Crippen molar-refractivity contribution in [2.45, 2.75) is 6.18 Å². The summed E-state index contributed by atoms with van der Waals surface area (Å²) in [5.74, 6) is 0.481. The van der Waals surface area contributed by atoms with Crippen LogP contribution in [0.3, 0.4) is 0 Å². The summed E-state index contributed by atoms with van der Waals surface area (Å²) in [5.41, 5.74) is 0.175. The van der Waals surface area contributed by atoms with Crippen molar-refractivity contribution < 1.29 is 30.1 Å². The molecule has 0 atom stereocenters. The van der Waals surface area contributed by atoms with E-state index in [1.54, 1.807) is 17.0 Å². The molecule has 7 heteroatoms. The van der Waals surface area contributed by atoms with Crippen molar-refractivity contribution in [2.75, 3.05) is 0 Å². The zero-order valence-electron chi connectivity index (χ0n) is 10.0. The Morgan fingerprint density at radius 2 is 1.75 bits per heavy atom. The number of aromatic nitrogens is 3. The Bertz CT molecular complexity index is 723. The van der Waals surface area contributed by atoms with Gasteiger partial charge in [0.1, 0.15) is 5.52 Å². The number of halogens is 4. The third-order valence-electron chi connectivity index (χ3n) is 2.76. The Hall–Kier alpha value is -2.08. The molecule has 0 fully saturated rings. The molecule has 0 aliphatic carbocycles. The van der Waals surface area contributed by atoms with Gasteiger partial charge < -0.3 is 12.4 Å². The Labute approximate surface area is 118 Å². The number of aromatic amines is 1. The van der Waals surface area contributed by atoms with Crippen LogP contribution < -0.4 is 17.0 Å². The molecule has 0 unspecified atom stereocenters. The van der Waals surface area contributed by atoms with Gasteiger partial charge in [0, 0.05) is 0 Å². The lowest BCUT2D eigenvalue weighted by Crippen LogP contribution is -3.00. The second-order valence-corrected chi connectivity index (χ2v) is 4.07. The highest BCUT2D eigenvalue weighted by atomic mass is 35.5. The Kier molecular flexibility index (Phi) is 3.67. The van der Waals surface area contributed by atoms with Gasteiger partial charge in [-0.1, -0.05) is 11.1 Å². The van der Waals surface area contributed by atoms with Crippen LogP contribution in [0.25, 0.3) is 17.0 Å². The predicted molar refractivity (Wildman–Crippen MR) is 62.6 cm³/mol. The molecule has 1 aromatic carbocycles. The lowest BCUT2D eigenvalue weighted by atomic mass is 10.2. The van der Waals surface area contributed by atoms with Gasteiger partial charge >= 0.3 is 12.1 Å². The van der Waals surface area contributed by atoms with Gasteiger partial charge in [0.2, 0.25) is 0 Å². The van der Waals surface area contributed by atoms with Crippen molar-refractivity contribution in [3.05, 3.63) is 54.4 Å². The number of nitrogens with zero attached hydrogens (tertiary/aromatic N) is 2. The molecule has 0 spiro atoms. The van der Waals surface area contributed by atoms with Gasteiger partial charge in [-0.2, -0.15) is 13.2 Å². The van der Waals surface area contributed by atoms with E-state index in [0.717, 1.165) is 12.1 Å². The van der Waals surface area contributed by atoms with E-state index < -0.39 is 11.7 Å². The summed E-state index contributed by atoms with van der Waals surface area (Å²) in [6, 6.07) is 8.93. The van der Waals surface area contributed by atoms with Crippen LogP contribution in [0.2, 0.25) is 0 Å². The molecule has 0 saturated heterocycles. The largest absolute Gasteiger partial charge is 1.00 e. The highest BCUT2D eigenvalue weighted by molar-refractivity contribution is 5.76. The lowest BCUT2D eigenvalue weighted by molar-refractivity contribution is -0.603. The number of benzene rings is 1. The molecule has 0 radical (unpaired) electrons. The summed E-state index contributed by atoms with van der Waals surface area (Å²) < 4.78 is 39.5. The molecule has 0 bridgehead atoms. The van der Waals surface area contributed by atoms with Crippen LogP contribution in [0.15, 0.2) is 48.8 Å². The normalized spacial score (nSPS) is 11.3. The predicted octanol–water partition coefficient (Wildman–Crippen LogP) is -0.138. The number of fused-ring (bicyclic) bond motifs is 1. The van der Waals surface area contributed by atoms with Crippen LogP contribution in [0.5, 0.6) is 0 Å². The number of alkyl halides is 3. The third-order valence-corrected chi connectivity index (χ3v) is 2.76. The molecular formula is C13H9ClF3N3. The van der Waals surface area contributed by atoms with Crippen LogP contribution in [0.1, 0.15) is 5.56 Å². The van der Waals surface area contributed by atoms with Gasteiger partial charge in [-0.25, -0.2) is 9.55 Å². The number of hydrogen-bond acceptors (Lipinski definition) is 1. The Morgan fingerprint density at radius 1 is 1.05 bits per heavy atom. The molecule has 0 amide bonds. The van der Waals surface area contributed by atoms with Gasteiger partial charge in [-0.05, 0) is 30.3 Å². The smallest absolute Gasteiger partial charge is 0.416 e. The molecule has 2 aromatic heterocycles. The summed E-state index contributed by atoms with van der Waals surface area (Å²) in [6.07, 6.45) is -0.815. The van der Waals surface area contributed by atoms with Crippen LogP contribution in [-0.4, -0.2) is 9.97 Å². The maximum absolute atomic E-state index is 12.6. The third kappa shape index (κ3) is 2.60. The van der Waals surface area contributed by atoms with Gasteiger partial charge in [0.15, 0.2) is 5.52 Å². The van der Waals surface area contributed by atoms with E-state index in [0.29, 0.717) is 17.0 Å². The molecule has 2 heterocycles. The maximum atomic E-state index is 12.6. The molecule has 0 aliphatic rings. The van der Waals surface area contributed by atoms with E-state index in [-0.39, 0.29) is 12.4 Å². The second-order valence-electron chi connectivity index (χ2n) is 4.07. The first-order valence-electron chi connectivity index (χ1n) is 5.58. The fraction of sp³-hybridized carbons (Fsp3) is 0.0769.